The molecular weight excluding hydrogens is 406 g/mol. The van der Waals surface area contributed by atoms with E-state index in [-0.39, 0.29) is 11.3 Å². The average molecular weight is 434 g/mol. The van der Waals surface area contributed by atoms with E-state index in [2.05, 4.69) is 0 Å². The average Bonchev–Trinajstić information content (AvgIpc) is 3.15. The first-order chi connectivity index (χ1) is 14.6. The Balaban J connectivity index is 1.85. The second-order valence-electron chi connectivity index (χ2n) is 6.61. The van der Waals surface area contributed by atoms with Gasteiger partial charge in [0.05, 0.1) is 41.3 Å². The van der Waals surface area contributed by atoms with Gasteiger partial charge in [0.1, 0.15) is 5.37 Å². The summed E-state index contributed by atoms with van der Waals surface area (Å²) in [6, 6.07) is 9.58. The molecule has 3 rings (SSSR count). The maximum absolute atomic E-state index is 12.6. The largest absolute Gasteiger partial charge is 0.493 e. The number of carbonyl (C=O) groups is 1. The zero-order chi connectivity index (χ0) is 21.7. The highest BCUT2D eigenvalue weighted by molar-refractivity contribution is 8.00. The van der Waals surface area contributed by atoms with Crippen molar-refractivity contribution in [3.8, 4) is 28.7 Å². The van der Waals surface area contributed by atoms with Crippen LogP contribution in [0.5, 0.6) is 28.7 Å². The molecule has 0 radical (unpaired) electrons. The molecule has 0 saturated carbocycles. The number of carbonyl (C=O) groups excluding carboxylic acids is 1. The maximum Gasteiger partial charge on any atom is 0.233 e. The fraction of sp³-hybridized carbons (Fsp3) is 0.409. The summed E-state index contributed by atoms with van der Waals surface area (Å²) in [5, 5.41) is -0.160. The normalized spacial score (nSPS) is 15.8. The molecule has 0 bridgehead atoms. The van der Waals surface area contributed by atoms with Crippen LogP contribution in [0, 0.1) is 0 Å². The van der Waals surface area contributed by atoms with E-state index in [1.807, 2.05) is 35.2 Å². The summed E-state index contributed by atoms with van der Waals surface area (Å²) >= 11 is 1.58. The minimum Gasteiger partial charge on any atom is -0.493 e. The number of thioether (sulfide) groups is 1. The van der Waals surface area contributed by atoms with Crippen LogP contribution in [0.25, 0.3) is 0 Å². The van der Waals surface area contributed by atoms with Crippen molar-refractivity contribution in [2.45, 2.75) is 11.8 Å². The maximum atomic E-state index is 12.6. The van der Waals surface area contributed by atoms with Gasteiger partial charge in [0.15, 0.2) is 23.0 Å². The first-order valence-corrected chi connectivity index (χ1v) is 10.5. The summed E-state index contributed by atoms with van der Waals surface area (Å²) in [5.74, 6) is 3.58. The van der Waals surface area contributed by atoms with Gasteiger partial charge in [-0.3, -0.25) is 4.79 Å². The third-order valence-corrected chi connectivity index (χ3v) is 6.30. The lowest BCUT2D eigenvalue weighted by Gasteiger charge is -2.26. The SMILES string of the molecule is COc1ccc(CCN2C(=O)CSC2c2ccc(OC)c(OC)c2OC)cc1OC. The lowest BCUT2D eigenvalue weighted by atomic mass is 10.1. The number of hydrogen-bond acceptors (Lipinski definition) is 7. The van der Waals surface area contributed by atoms with E-state index in [1.165, 1.54) is 0 Å². The van der Waals surface area contributed by atoms with Crippen LogP contribution in [0.1, 0.15) is 16.5 Å². The van der Waals surface area contributed by atoms with Crippen LogP contribution in [0.2, 0.25) is 0 Å². The summed E-state index contributed by atoms with van der Waals surface area (Å²) in [6.45, 7) is 0.573. The Bertz CT molecular complexity index is 903. The van der Waals surface area contributed by atoms with Crippen LogP contribution in [0.3, 0.4) is 0 Å². The van der Waals surface area contributed by atoms with Crippen molar-refractivity contribution in [1.82, 2.24) is 4.90 Å². The lowest BCUT2D eigenvalue weighted by molar-refractivity contribution is -0.128. The van der Waals surface area contributed by atoms with Gasteiger partial charge in [0.2, 0.25) is 11.7 Å². The third-order valence-electron chi connectivity index (χ3n) is 5.06. The van der Waals surface area contributed by atoms with Gasteiger partial charge in [0.25, 0.3) is 0 Å². The van der Waals surface area contributed by atoms with Crippen LogP contribution in [-0.2, 0) is 11.2 Å². The molecule has 8 heteroatoms. The number of hydrogen-bond donors (Lipinski definition) is 0. The van der Waals surface area contributed by atoms with Gasteiger partial charge in [0, 0.05) is 12.1 Å². The molecule has 0 spiro atoms. The number of benzene rings is 2. The van der Waals surface area contributed by atoms with Crippen LogP contribution >= 0.6 is 11.8 Å². The Kier molecular flexibility index (Phi) is 7.20. The lowest BCUT2D eigenvalue weighted by Crippen LogP contribution is -2.30. The van der Waals surface area contributed by atoms with Gasteiger partial charge in [-0.05, 0) is 36.2 Å². The van der Waals surface area contributed by atoms with Gasteiger partial charge < -0.3 is 28.6 Å². The third kappa shape index (κ3) is 4.23. The van der Waals surface area contributed by atoms with Gasteiger partial charge in [-0.2, -0.15) is 0 Å². The highest BCUT2D eigenvalue weighted by Gasteiger charge is 2.35. The topological polar surface area (TPSA) is 66.5 Å². The standard InChI is InChI=1S/C22H27NO6S/c1-25-16-8-6-14(12-18(16)27-3)10-11-23-19(24)13-30-22(23)15-7-9-17(26-2)21(29-5)20(15)28-4/h6-9,12,22H,10-11,13H2,1-5H3. The molecule has 1 fully saturated rings. The van der Waals surface area contributed by atoms with Crippen molar-refractivity contribution in [3.63, 3.8) is 0 Å². The predicted octanol–water partition coefficient (Wildman–Crippen LogP) is 3.55. The quantitative estimate of drug-likeness (QED) is 0.599. The Morgan fingerprint density at radius 3 is 2.17 bits per heavy atom. The van der Waals surface area contributed by atoms with E-state index in [4.69, 9.17) is 23.7 Å². The Labute approximate surface area is 181 Å². The van der Waals surface area contributed by atoms with Crippen LogP contribution in [0.4, 0.5) is 0 Å². The van der Waals surface area contributed by atoms with Crippen LogP contribution in [0.15, 0.2) is 30.3 Å². The van der Waals surface area contributed by atoms with E-state index in [0.717, 1.165) is 11.1 Å². The number of methoxy groups -OCH3 is 5. The number of rotatable bonds is 9. The van der Waals surface area contributed by atoms with E-state index >= 15 is 0 Å². The Morgan fingerprint density at radius 1 is 0.867 bits per heavy atom. The van der Waals surface area contributed by atoms with Gasteiger partial charge in [-0.15, -0.1) is 11.8 Å². The molecule has 1 unspecified atom stereocenters. The second-order valence-corrected chi connectivity index (χ2v) is 7.68. The van der Waals surface area contributed by atoms with Gasteiger partial charge in [-0.1, -0.05) is 6.07 Å². The summed E-state index contributed by atoms with van der Waals surface area (Å²) in [5.41, 5.74) is 1.95. The van der Waals surface area contributed by atoms with Gasteiger partial charge in [-0.25, -0.2) is 0 Å². The minimum atomic E-state index is -0.160. The summed E-state index contributed by atoms with van der Waals surface area (Å²) in [6.07, 6.45) is 0.693. The number of nitrogens with zero attached hydrogens (tertiary/aromatic N) is 1. The molecule has 0 aromatic heterocycles. The zero-order valence-corrected chi connectivity index (χ0v) is 18.7. The van der Waals surface area contributed by atoms with E-state index in [0.29, 0.717) is 47.5 Å². The molecule has 1 aliphatic rings. The predicted molar refractivity (Wildman–Crippen MR) is 116 cm³/mol. The Morgan fingerprint density at radius 2 is 1.53 bits per heavy atom. The van der Waals surface area contributed by atoms with Gasteiger partial charge >= 0.3 is 0 Å². The molecule has 0 aliphatic carbocycles. The van der Waals surface area contributed by atoms with E-state index in [9.17, 15) is 4.79 Å². The molecule has 1 aliphatic heterocycles. The molecule has 1 heterocycles. The number of ether oxygens (including phenoxy) is 5. The molecule has 2 aromatic rings. The molecule has 7 nitrogen and oxygen atoms in total. The molecule has 2 aromatic carbocycles. The summed E-state index contributed by atoms with van der Waals surface area (Å²) in [4.78, 5) is 14.5. The number of amides is 1. The van der Waals surface area contributed by atoms with E-state index < -0.39 is 0 Å². The van der Waals surface area contributed by atoms with Crippen molar-refractivity contribution in [2.24, 2.45) is 0 Å². The zero-order valence-electron chi connectivity index (χ0n) is 17.9. The Hall–Kier alpha value is -2.74. The smallest absolute Gasteiger partial charge is 0.233 e. The molecule has 1 saturated heterocycles. The first kappa shape index (κ1) is 22.0. The van der Waals surface area contributed by atoms with Crippen LogP contribution < -0.4 is 23.7 Å². The summed E-state index contributed by atoms with van der Waals surface area (Å²) < 4.78 is 27.2. The van der Waals surface area contributed by atoms with Crippen molar-refractivity contribution in [2.75, 3.05) is 47.8 Å². The monoisotopic (exact) mass is 433 g/mol. The minimum absolute atomic E-state index is 0.0994. The molecule has 1 atom stereocenters. The molecule has 1 amide bonds. The van der Waals surface area contributed by atoms with Crippen molar-refractivity contribution in [3.05, 3.63) is 41.5 Å². The summed E-state index contributed by atoms with van der Waals surface area (Å²) in [7, 11) is 7.97. The van der Waals surface area contributed by atoms with Crippen molar-refractivity contribution >= 4 is 17.7 Å². The molecule has 162 valence electrons. The highest BCUT2D eigenvalue weighted by atomic mass is 32.2. The van der Waals surface area contributed by atoms with Crippen molar-refractivity contribution in [1.29, 1.82) is 0 Å². The fourth-order valence-electron chi connectivity index (χ4n) is 3.56. The first-order valence-electron chi connectivity index (χ1n) is 9.48. The molecule has 30 heavy (non-hydrogen) atoms. The fourth-order valence-corrected chi connectivity index (χ4v) is 4.79. The second kappa shape index (κ2) is 9.84. The highest BCUT2D eigenvalue weighted by Crippen LogP contribution is 2.48. The van der Waals surface area contributed by atoms with E-state index in [1.54, 1.807) is 47.3 Å². The molecular formula is C22H27NO6S. The van der Waals surface area contributed by atoms with Crippen molar-refractivity contribution < 1.29 is 28.5 Å². The van der Waals surface area contributed by atoms with Crippen LogP contribution in [-0.4, -0.2) is 58.7 Å². The molecule has 0 N–H and O–H groups in total.